The van der Waals surface area contributed by atoms with Crippen LogP contribution in [-0.2, 0) is 6.54 Å². The SMILES string of the molecule is CNCCN(C)Cc1c[nH]nc1C1CCC(C)CC1. The van der Waals surface area contributed by atoms with E-state index in [2.05, 4.69) is 40.6 Å². The van der Waals surface area contributed by atoms with E-state index in [-0.39, 0.29) is 0 Å². The third-order valence-electron chi connectivity index (χ3n) is 4.34. The lowest BCUT2D eigenvalue weighted by molar-refractivity contribution is 0.318. The molecule has 0 atom stereocenters. The van der Waals surface area contributed by atoms with Crippen molar-refractivity contribution in [1.82, 2.24) is 20.4 Å². The Kier molecular flexibility index (Phi) is 5.40. The van der Waals surface area contributed by atoms with Crippen LogP contribution in [0.15, 0.2) is 6.20 Å². The summed E-state index contributed by atoms with van der Waals surface area (Å²) < 4.78 is 0. The van der Waals surface area contributed by atoms with Crippen molar-refractivity contribution in [1.29, 1.82) is 0 Å². The Hall–Kier alpha value is -0.870. The van der Waals surface area contributed by atoms with Crippen LogP contribution in [0.4, 0.5) is 0 Å². The predicted molar refractivity (Wildman–Crippen MR) is 79.2 cm³/mol. The molecule has 4 nitrogen and oxygen atoms in total. The predicted octanol–water partition coefficient (Wildman–Crippen LogP) is 2.35. The van der Waals surface area contributed by atoms with Crippen molar-refractivity contribution in [2.45, 2.75) is 45.1 Å². The second-order valence-corrected chi connectivity index (χ2v) is 6.09. The molecule has 1 aliphatic rings. The average Bonchev–Trinajstić information content (AvgIpc) is 2.85. The largest absolute Gasteiger partial charge is 0.318 e. The van der Waals surface area contributed by atoms with E-state index in [1.165, 1.54) is 36.9 Å². The highest BCUT2D eigenvalue weighted by molar-refractivity contribution is 5.21. The van der Waals surface area contributed by atoms with Gasteiger partial charge < -0.3 is 10.2 Å². The Morgan fingerprint density at radius 3 is 2.79 bits per heavy atom. The van der Waals surface area contributed by atoms with E-state index in [1.54, 1.807) is 0 Å². The number of hydrogen-bond acceptors (Lipinski definition) is 3. The van der Waals surface area contributed by atoms with E-state index < -0.39 is 0 Å². The summed E-state index contributed by atoms with van der Waals surface area (Å²) >= 11 is 0. The fourth-order valence-corrected chi connectivity index (χ4v) is 3.01. The Bertz CT molecular complexity index is 366. The van der Waals surface area contributed by atoms with Crippen LogP contribution in [-0.4, -0.2) is 42.3 Å². The molecule has 0 aromatic carbocycles. The molecule has 0 unspecified atom stereocenters. The third-order valence-corrected chi connectivity index (χ3v) is 4.34. The van der Waals surface area contributed by atoms with Crippen molar-refractivity contribution < 1.29 is 0 Å². The number of nitrogens with zero attached hydrogens (tertiary/aromatic N) is 2. The summed E-state index contributed by atoms with van der Waals surface area (Å²) in [5.74, 6) is 1.58. The smallest absolute Gasteiger partial charge is 0.0697 e. The zero-order chi connectivity index (χ0) is 13.7. The van der Waals surface area contributed by atoms with Gasteiger partial charge in [-0.15, -0.1) is 0 Å². The van der Waals surface area contributed by atoms with Crippen molar-refractivity contribution in [2.75, 3.05) is 27.2 Å². The van der Waals surface area contributed by atoms with E-state index in [1.807, 2.05) is 7.05 Å². The lowest BCUT2D eigenvalue weighted by Gasteiger charge is -2.26. The summed E-state index contributed by atoms with van der Waals surface area (Å²) in [6, 6.07) is 0. The lowest BCUT2D eigenvalue weighted by atomic mass is 9.80. The summed E-state index contributed by atoms with van der Waals surface area (Å²) in [4.78, 5) is 2.36. The number of likely N-dealkylation sites (N-methyl/N-ethyl adjacent to an activating group) is 2. The summed E-state index contributed by atoms with van der Waals surface area (Å²) in [5.41, 5.74) is 2.71. The Balaban J connectivity index is 1.93. The molecule has 1 aromatic rings. The van der Waals surface area contributed by atoms with Gasteiger partial charge >= 0.3 is 0 Å². The van der Waals surface area contributed by atoms with Crippen LogP contribution in [0.5, 0.6) is 0 Å². The van der Waals surface area contributed by atoms with Crippen LogP contribution >= 0.6 is 0 Å². The average molecular weight is 264 g/mol. The van der Waals surface area contributed by atoms with E-state index in [4.69, 9.17) is 0 Å². The first-order chi connectivity index (χ1) is 9.20. The maximum absolute atomic E-state index is 4.53. The summed E-state index contributed by atoms with van der Waals surface area (Å²) in [6.07, 6.45) is 7.40. The topological polar surface area (TPSA) is 44.0 Å². The van der Waals surface area contributed by atoms with Gasteiger partial charge in [-0.05, 0) is 32.9 Å². The van der Waals surface area contributed by atoms with Crippen LogP contribution in [0.1, 0.15) is 49.8 Å². The monoisotopic (exact) mass is 264 g/mol. The molecule has 2 rings (SSSR count). The molecule has 0 bridgehead atoms. The van der Waals surface area contributed by atoms with E-state index in [9.17, 15) is 0 Å². The third kappa shape index (κ3) is 4.05. The van der Waals surface area contributed by atoms with Crippen molar-refractivity contribution in [2.24, 2.45) is 5.92 Å². The molecule has 1 heterocycles. The minimum Gasteiger partial charge on any atom is -0.318 e. The molecular weight excluding hydrogens is 236 g/mol. The minimum atomic E-state index is 0.676. The molecule has 19 heavy (non-hydrogen) atoms. The number of H-pyrrole nitrogens is 1. The van der Waals surface area contributed by atoms with Gasteiger partial charge in [0, 0.05) is 37.3 Å². The molecule has 0 amide bonds. The summed E-state index contributed by atoms with van der Waals surface area (Å²) in [6.45, 7) is 5.47. The maximum atomic E-state index is 4.53. The first-order valence-electron chi connectivity index (χ1n) is 7.56. The highest BCUT2D eigenvalue weighted by Crippen LogP contribution is 2.36. The van der Waals surface area contributed by atoms with Crippen molar-refractivity contribution in [3.63, 3.8) is 0 Å². The van der Waals surface area contributed by atoms with Gasteiger partial charge in [-0.1, -0.05) is 19.8 Å². The molecule has 0 radical (unpaired) electrons. The highest BCUT2D eigenvalue weighted by Gasteiger charge is 2.23. The molecule has 2 N–H and O–H groups in total. The molecule has 1 aromatic heterocycles. The fraction of sp³-hybridized carbons (Fsp3) is 0.800. The van der Waals surface area contributed by atoms with Gasteiger partial charge in [0.05, 0.1) is 5.69 Å². The first-order valence-corrected chi connectivity index (χ1v) is 7.56. The molecular formula is C15H28N4. The summed E-state index contributed by atoms with van der Waals surface area (Å²) in [5, 5.41) is 10.8. The second kappa shape index (κ2) is 7.06. The van der Waals surface area contributed by atoms with Crippen LogP contribution < -0.4 is 5.32 Å². The Labute approximate surface area is 117 Å². The molecule has 1 saturated carbocycles. The van der Waals surface area contributed by atoms with E-state index >= 15 is 0 Å². The highest BCUT2D eigenvalue weighted by atomic mass is 15.1. The lowest BCUT2D eigenvalue weighted by Crippen LogP contribution is -2.27. The number of nitrogens with one attached hydrogen (secondary N) is 2. The molecule has 1 aliphatic carbocycles. The van der Waals surface area contributed by atoms with Gasteiger partial charge in [0.15, 0.2) is 0 Å². The number of hydrogen-bond donors (Lipinski definition) is 2. The van der Waals surface area contributed by atoms with Crippen LogP contribution in [0, 0.1) is 5.92 Å². The standard InChI is InChI=1S/C15H28N4/c1-12-4-6-13(7-5-12)15-14(10-17-18-15)11-19(3)9-8-16-2/h10,12-13,16H,4-9,11H2,1-3H3,(H,17,18). The quantitative estimate of drug-likeness (QED) is 0.829. The zero-order valence-corrected chi connectivity index (χ0v) is 12.6. The molecule has 4 heteroatoms. The molecule has 0 saturated heterocycles. The number of aromatic nitrogens is 2. The fourth-order valence-electron chi connectivity index (χ4n) is 3.01. The van der Waals surface area contributed by atoms with Crippen molar-refractivity contribution >= 4 is 0 Å². The van der Waals surface area contributed by atoms with Gasteiger partial charge in [-0.25, -0.2) is 0 Å². The normalized spacial score (nSPS) is 24.0. The number of rotatable bonds is 6. The van der Waals surface area contributed by atoms with Gasteiger partial charge in [0.1, 0.15) is 0 Å². The zero-order valence-electron chi connectivity index (χ0n) is 12.6. The maximum Gasteiger partial charge on any atom is 0.0697 e. The Morgan fingerprint density at radius 2 is 2.11 bits per heavy atom. The van der Waals surface area contributed by atoms with Crippen LogP contribution in [0.3, 0.4) is 0 Å². The second-order valence-electron chi connectivity index (χ2n) is 6.09. The molecule has 0 spiro atoms. The molecule has 1 fully saturated rings. The van der Waals surface area contributed by atoms with E-state index in [0.29, 0.717) is 5.92 Å². The van der Waals surface area contributed by atoms with Crippen LogP contribution in [0.2, 0.25) is 0 Å². The van der Waals surface area contributed by atoms with Gasteiger partial charge in [0.25, 0.3) is 0 Å². The molecule has 108 valence electrons. The van der Waals surface area contributed by atoms with Crippen LogP contribution in [0.25, 0.3) is 0 Å². The minimum absolute atomic E-state index is 0.676. The van der Waals surface area contributed by atoms with Gasteiger partial charge in [0.2, 0.25) is 0 Å². The van der Waals surface area contributed by atoms with Gasteiger partial charge in [-0.2, -0.15) is 5.10 Å². The van der Waals surface area contributed by atoms with Gasteiger partial charge in [-0.3, -0.25) is 5.10 Å². The summed E-state index contributed by atoms with van der Waals surface area (Å²) in [7, 11) is 4.18. The van der Waals surface area contributed by atoms with Crippen molar-refractivity contribution in [3.8, 4) is 0 Å². The number of aromatic amines is 1. The Morgan fingerprint density at radius 1 is 1.37 bits per heavy atom. The van der Waals surface area contributed by atoms with E-state index in [0.717, 1.165) is 25.6 Å². The first kappa shape index (κ1) is 14.5. The molecule has 0 aliphatic heterocycles. The van der Waals surface area contributed by atoms with Crippen molar-refractivity contribution in [3.05, 3.63) is 17.5 Å².